The van der Waals surface area contributed by atoms with Crippen molar-refractivity contribution in [3.63, 3.8) is 0 Å². The van der Waals surface area contributed by atoms with Crippen LogP contribution in [0.5, 0.6) is 23.0 Å². The Bertz CT molecular complexity index is 1570. The van der Waals surface area contributed by atoms with Gasteiger partial charge in [-0.25, -0.2) is 4.79 Å². The number of furan rings is 1. The van der Waals surface area contributed by atoms with Crippen molar-refractivity contribution >= 4 is 28.7 Å². The van der Waals surface area contributed by atoms with Crippen LogP contribution in [0.2, 0.25) is 0 Å². The highest BCUT2D eigenvalue weighted by atomic mass is 16.6. The lowest BCUT2D eigenvalue weighted by molar-refractivity contribution is 0.103. The maximum absolute atomic E-state index is 13.7. The van der Waals surface area contributed by atoms with Gasteiger partial charge in [-0.3, -0.25) is 4.79 Å². The van der Waals surface area contributed by atoms with Crippen LogP contribution in [0.3, 0.4) is 0 Å². The zero-order valence-corrected chi connectivity index (χ0v) is 20.8. The molecule has 0 amide bonds. The molecule has 0 saturated heterocycles. The summed E-state index contributed by atoms with van der Waals surface area (Å²) >= 11 is 0. The number of fused-ring (bicyclic) bond motifs is 1. The van der Waals surface area contributed by atoms with Crippen molar-refractivity contribution in [1.82, 2.24) is 9.78 Å². The summed E-state index contributed by atoms with van der Waals surface area (Å²) in [5, 5.41) is 7.22. The van der Waals surface area contributed by atoms with Crippen LogP contribution in [-0.2, 0) is 11.3 Å². The number of ether oxygens (including phenoxy) is 5. The quantitative estimate of drug-likeness (QED) is 0.177. The number of hydrogen-bond donors (Lipinski definition) is 0. The molecule has 0 unspecified atom stereocenters. The summed E-state index contributed by atoms with van der Waals surface area (Å²) in [4.78, 5) is 37.4. The topological polar surface area (TPSA) is 141 Å². The Balaban J connectivity index is 1.83. The first-order valence-electron chi connectivity index (χ1n) is 10.9. The van der Waals surface area contributed by atoms with Crippen molar-refractivity contribution < 1.29 is 37.7 Å². The molecule has 4 aromatic rings. The number of benzene rings is 2. The van der Waals surface area contributed by atoms with Crippen molar-refractivity contribution in [2.75, 3.05) is 28.4 Å². The second-order valence-electron chi connectivity index (χ2n) is 7.57. The van der Waals surface area contributed by atoms with E-state index in [4.69, 9.17) is 34.5 Å². The van der Waals surface area contributed by atoms with Gasteiger partial charge in [-0.15, -0.1) is 11.3 Å². The normalized spacial score (nSPS) is 10.5. The first-order chi connectivity index (χ1) is 18.4. The van der Waals surface area contributed by atoms with E-state index in [1.54, 1.807) is 12.1 Å². The Morgan fingerprint density at radius 3 is 2.24 bits per heavy atom. The number of aromatic nitrogens is 2. The van der Waals surface area contributed by atoms with E-state index in [0.717, 1.165) is 4.68 Å². The molecule has 0 aliphatic carbocycles. The minimum Gasteiger partial charge on any atom is -0.495 e. The number of ketones is 1. The Kier molecular flexibility index (Phi) is 7.29. The Hall–Kier alpha value is -5.31. The summed E-state index contributed by atoms with van der Waals surface area (Å²) in [7, 11) is 5.70. The number of carbonyl (C=O) groups excluding carboxylic acids is 2. The van der Waals surface area contributed by atoms with Gasteiger partial charge in [0.2, 0.25) is 11.5 Å². The van der Waals surface area contributed by atoms with E-state index in [1.165, 1.54) is 52.7 Å². The number of carbonyl (C=O) groups is 2. The summed E-state index contributed by atoms with van der Waals surface area (Å²) in [6.45, 7) is -0.332. The van der Waals surface area contributed by atoms with Crippen LogP contribution in [-0.4, -0.2) is 50.1 Å². The zero-order chi connectivity index (χ0) is 27.4. The molecule has 38 heavy (non-hydrogen) atoms. The smallest absolute Gasteiger partial charge is 0.435 e. The average molecular weight is 519 g/mol. The van der Waals surface area contributed by atoms with Crippen molar-refractivity contribution in [2.45, 2.75) is 6.61 Å². The number of nitrogens with zero attached hydrogens (tertiary/aromatic N) is 3. The third-order valence-corrected chi connectivity index (χ3v) is 5.56. The molecular formula is C26H21N3O9. The number of hydrogen-bond acceptors (Lipinski definition) is 11. The van der Waals surface area contributed by atoms with Gasteiger partial charge in [-0.2, -0.15) is 9.78 Å². The molecule has 0 fully saturated rings. The molecule has 0 saturated carbocycles. The largest absolute Gasteiger partial charge is 0.495 e. The summed E-state index contributed by atoms with van der Waals surface area (Å²) < 4.78 is 32.7. The molecule has 0 N–H and O–H groups in total. The zero-order valence-electron chi connectivity index (χ0n) is 20.8. The van der Waals surface area contributed by atoms with Gasteiger partial charge in [-0.1, -0.05) is 5.92 Å². The molecule has 0 radical (unpaired) electrons. The highest BCUT2D eigenvalue weighted by molar-refractivity contribution is 6.16. The molecule has 0 aliphatic heterocycles. The number of terminal acetylenes is 1. The number of methoxy groups -OCH3 is 4. The van der Waals surface area contributed by atoms with Crippen LogP contribution in [0.1, 0.15) is 27.4 Å². The summed E-state index contributed by atoms with van der Waals surface area (Å²) in [6, 6.07) is 8.82. The second kappa shape index (κ2) is 10.8. The molecule has 2 aromatic heterocycles. The Morgan fingerprint density at radius 2 is 1.68 bits per heavy atom. The lowest BCUT2D eigenvalue weighted by atomic mass is 10.0. The molecule has 2 heterocycles. The molecule has 194 valence electrons. The van der Waals surface area contributed by atoms with Gasteiger partial charge in [0.15, 0.2) is 18.1 Å². The van der Waals surface area contributed by atoms with E-state index in [-0.39, 0.29) is 63.2 Å². The molecule has 12 heteroatoms. The van der Waals surface area contributed by atoms with Gasteiger partial charge in [-0.05, 0) is 30.3 Å². The predicted molar refractivity (Wildman–Crippen MR) is 133 cm³/mol. The maximum atomic E-state index is 13.7. The van der Waals surface area contributed by atoms with E-state index in [1.807, 2.05) is 0 Å². The van der Waals surface area contributed by atoms with Crippen molar-refractivity contribution in [1.29, 1.82) is 0 Å². The highest BCUT2D eigenvalue weighted by Gasteiger charge is 2.27. The van der Waals surface area contributed by atoms with Crippen LogP contribution < -0.4 is 18.9 Å². The fourth-order valence-electron chi connectivity index (χ4n) is 3.83. The average Bonchev–Trinajstić information content (AvgIpc) is 3.58. The summed E-state index contributed by atoms with van der Waals surface area (Å²) in [5.74, 6) is 3.04. The second-order valence-corrected chi connectivity index (χ2v) is 7.57. The van der Waals surface area contributed by atoms with Crippen LogP contribution >= 0.6 is 0 Å². The third kappa shape index (κ3) is 4.48. The van der Waals surface area contributed by atoms with E-state index in [2.05, 4.69) is 16.2 Å². The molecule has 0 aliphatic rings. The van der Waals surface area contributed by atoms with Crippen LogP contribution in [0.15, 0.2) is 46.0 Å². The van der Waals surface area contributed by atoms with E-state index in [0.29, 0.717) is 5.75 Å². The number of nitroso groups, excluding NO2 is 1. The van der Waals surface area contributed by atoms with E-state index in [9.17, 15) is 14.5 Å². The van der Waals surface area contributed by atoms with Gasteiger partial charge in [0.05, 0.1) is 34.0 Å². The summed E-state index contributed by atoms with van der Waals surface area (Å²) in [5.41, 5.74) is 0.379. The van der Waals surface area contributed by atoms with E-state index < -0.39 is 11.9 Å². The van der Waals surface area contributed by atoms with Crippen LogP contribution in [0.25, 0.3) is 10.9 Å². The minimum absolute atomic E-state index is 0.0872. The molecular weight excluding hydrogens is 498 g/mol. The van der Waals surface area contributed by atoms with Crippen molar-refractivity contribution in [3.8, 4) is 35.3 Å². The van der Waals surface area contributed by atoms with Gasteiger partial charge in [0.1, 0.15) is 22.7 Å². The van der Waals surface area contributed by atoms with Crippen LogP contribution in [0.4, 0.5) is 10.7 Å². The molecule has 2 aromatic carbocycles. The predicted octanol–water partition coefficient (Wildman–Crippen LogP) is 4.46. The van der Waals surface area contributed by atoms with Gasteiger partial charge in [0, 0.05) is 22.2 Å². The molecule has 12 nitrogen and oxygen atoms in total. The van der Waals surface area contributed by atoms with E-state index >= 15 is 0 Å². The lowest BCUT2D eigenvalue weighted by Gasteiger charge is -2.13. The number of rotatable bonds is 9. The standard InChI is InChI=1S/C26H21N3O9/c1-6-16-18(33-2)9-8-17-22(24(30)14-11-19(34-3)25(36-5)20(12-14)35-4)27-29(23(16)17)26(31)37-13-15-7-10-21(28-32)38-15/h1,7-12H,13H2,2-5H3. The summed E-state index contributed by atoms with van der Waals surface area (Å²) in [6.07, 6.45) is 4.78. The van der Waals surface area contributed by atoms with Crippen LogP contribution in [0, 0.1) is 17.3 Å². The van der Waals surface area contributed by atoms with Gasteiger partial charge in [0.25, 0.3) is 5.88 Å². The van der Waals surface area contributed by atoms with Crippen molar-refractivity contribution in [3.05, 3.63) is 63.9 Å². The van der Waals surface area contributed by atoms with Gasteiger partial charge >= 0.3 is 6.09 Å². The minimum atomic E-state index is -0.958. The fourth-order valence-corrected chi connectivity index (χ4v) is 3.83. The molecule has 4 rings (SSSR count). The SMILES string of the molecule is C#Cc1c(OC)ccc2c(C(=O)c3cc(OC)c(OC)c(OC)c3)nn(C(=O)OCc3ccc(N=O)o3)c12. The Labute approximate surface area is 215 Å². The maximum Gasteiger partial charge on any atom is 0.435 e. The molecule has 0 spiro atoms. The first kappa shape index (κ1) is 25.8. The monoisotopic (exact) mass is 519 g/mol. The third-order valence-electron chi connectivity index (χ3n) is 5.56. The highest BCUT2D eigenvalue weighted by Crippen LogP contribution is 2.39. The van der Waals surface area contributed by atoms with Gasteiger partial charge < -0.3 is 28.1 Å². The first-order valence-corrected chi connectivity index (χ1v) is 10.9. The van der Waals surface area contributed by atoms with Crippen molar-refractivity contribution in [2.24, 2.45) is 5.18 Å². The Morgan fingerprint density at radius 1 is 1.00 bits per heavy atom. The fraction of sp³-hybridized carbons (Fsp3) is 0.192. The molecule has 0 atom stereocenters. The molecule has 0 bridgehead atoms. The lowest BCUT2D eigenvalue weighted by Crippen LogP contribution is -2.16.